The van der Waals surface area contributed by atoms with Gasteiger partial charge in [-0.25, -0.2) is 4.79 Å². The number of benzene rings is 1. The predicted molar refractivity (Wildman–Crippen MR) is 80.1 cm³/mol. The molecule has 2 heterocycles. The van der Waals surface area contributed by atoms with Crippen LogP contribution < -0.4 is 5.63 Å². The van der Waals surface area contributed by atoms with Crippen LogP contribution in [0.1, 0.15) is 38.4 Å². The largest absolute Gasteiger partial charge is 0.460 e. The van der Waals surface area contributed by atoms with Crippen LogP contribution in [0.4, 0.5) is 0 Å². The molecule has 0 fully saturated rings. The van der Waals surface area contributed by atoms with E-state index in [4.69, 9.17) is 8.83 Å². The number of hydrogen-bond donors (Lipinski definition) is 0. The molecule has 0 N–H and O–H groups in total. The fourth-order valence-electron chi connectivity index (χ4n) is 2.54. The summed E-state index contributed by atoms with van der Waals surface area (Å²) in [6.45, 7) is 2.19. The van der Waals surface area contributed by atoms with Gasteiger partial charge in [0.15, 0.2) is 5.58 Å². The third-order valence-electron chi connectivity index (χ3n) is 3.61. The highest BCUT2D eigenvalue weighted by Crippen LogP contribution is 2.26. The topological polar surface area (TPSA) is 43.4 Å². The maximum atomic E-state index is 12.0. The summed E-state index contributed by atoms with van der Waals surface area (Å²) >= 11 is 0. The summed E-state index contributed by atoms with van der Waals surface area (Å²) in [5.41, 5.74) is 0.918. The van der Waals surface area contributed by atoms with Gasteiger partial charge in [-0.15, -0.1) is 0 Å². The van der Waals surface area contributed by atoms with Crippen molar-refractivity contribution in [3.05, 3.63) is 46.5 Å². The lowest BCUT2D eigenvalue weighted by Gasteiger charge is -1.97. The van der Waals surface area contributed by atoms with Gasteiger partial charge in [0.2, 0.25) is 0 Å². The molecule has 20 heavy (non-hydrogen) atoms. The third-order valence-corrected chi connectivity index (χ3v) is 3.61. The number of furan rings is 1. The number of hydrogen-bond acceptors (Lipinski definition) is 3. The summed E-state index contributed by atoms with van der Waals surface area (Å²) in [5, 5.41) is 1.41. The van der Waals surface area contributed by atoms with Crippen LogP contribution in [-0.4, -0.2) is 0 Å². The molecule has 0 aliphatic heterocycles. The Bertz CT molecular complexity index is 780. The second-order valence-corrected chi connectivity index (χ2v) is 5.15. The molecule has 3 nitrogen and oxygen atoms in total. The molecule has 0 aliphatic carbocycles. The van der Waals surface area contributed by atoms with Crippen molar-refractivity contribution in [2.24, 2.45) is 0 Å². The van der Waals surface area contributed by atoms with Crippen LogP contribution in [0.2, 0.25) is 0 Å². The molecule has 0 aliphatic rings. The summed E-state index contributed by atoms with van der Waals surface area (Å²) in [7, 11) is 0. The highest BCUT2D eigenvalue weighted by atomic mass is 16.4. The first-order chi connectivity index (χ1) is 9.79. The summed E-state index contributed by atoms with van der Waals surface area (Å²) in [6, 6.07) is 9.32. The lowest BCUT2D eigenvalue weighted by Crippen LogP contribution is -1.97. The van der Waals surface area contributed by atoms with E-state index in [1.54, 1.807) is 6.07 Å². The van der Waals surface area contributed by atoms with Crippen LogP contribution in [0.3, 0.4) is 0 Å². The van der Waals surface area contributed by atoms with E-state index < -0.39 is 0 Å². The zero-order valence-corrected chi connectivity index (χ0v) is 11.6. The van der Waals surface area contributed by atoms with Crippen molar-refractivity contribution in [2.75, 3.05) is 0 Å². The second-order valence-electron chi connectivity index (χ2n) is 5.15. The minimum absolute atomic E-state index is 0.317. The van der Waals surface area contributed by atoms with Crippen LogP contribution in [0.25, 0.3) is 21.9 Å². The van der Waals surface area contributed by atoms with E-state index in [0.717, 1.165) is 24.0 Å². The predicted octanol–water partition coefficient (Wildman–Crippen LogP) is 4.66. The highest BCUT2D eigenvalue weighted by Gasteiger charge is 2.12. The lowest BCUT2D eigenvalue weighted by molar-refractivity contribution is 0.526. The number of para-hydroxylation sites is 1. The highest BCUT2D eigenvalue weighted by molar-refractivity contribution is 6.00. The molecule has 0 bridgehead atoms. The number of rotatable bonds is 5. The Morgan fingerprint density at radius 3 is 2.70 bits per heavy atom. The van der Waals surface area contributed by atoms with Gasteiger partial charge in [-0.1, -0.05) is 38.3 Å². The first-order valence-corrected chi connectivity index (χ1v) is 7.24. The van der Waals surface area contributed by atoms with Crippen molar-refractivity contribution in [1.82, 2.24) is 0 Å². The standard InChI is InChI=1S/C17H18O3/c1-2-3-4-5-8-12-11-14-16(19-12)13-9-6-7-10-15(13)20-17(14)18/h6-7,9-11H,2-5,8H2,1H3. The zero-order chi connectivity index (χ0) is 13.9. The maximum absolute atomic E-state index is 12.0. The minimum Gasteiger partial charge on any atom is -0.460 e. The quantitative estimate of drug-likeness (QED) is 0.500. The van der Waals surface area contributed by atoms with Gasteiger partial charge in [0.1, 0.15) is 16.7 Å². The van der Waals surface area contributed by atoms with Crippen molar-refractivity contribution in [3.63, 3.8) is 0 Å². The Labute approximate surface area is 117 Å². The molecule has 0 saturated heterocycles. The first kappa shape index (κ1) is 13.0. The van der Waals surface area contributed by atoms with Gasteiger partial charge in [-0.05, 0) is 24.6 Å². The average Bonchev–Trinajstić information content (AvgIpc) is 2.89. The zero-order valence-electron chi connectivity index (χ0n) is 11.6. The van der Waals surface area contributed by atoms with E-state index >= 15 is 0 Å². The third kappa shape index (κ3) is 2.36. The smallest absolute Gasteiger partial charge is 0.347 e. The Morgan fingerprint density at radius 2 is 1.85 bits per heavy atom. The van der Waals surface area contributed by atoms with Crippen molar-refractivity contribution in [1.29, 1.82) is 0 Å². The molecule has 0 unspecified atom stereocenters. The van der Waals surface area contributed by atoms with Crippen molar-refractivity contribution in [2.45, 2.75) is 39.0 Å². The first-order valence-electron chi connectivity index (χ1n) is 7.24. The van der Waals surface area contributed by atoms with Crippen LogP contribution in [-0.2, 0) is 6.42 Å². The van der Waals surface area contributed by atoms with Gasteiger partial charge in [0.25, 0.3) is 0 Å². The summed E-state index contributed by atoms with van der Waals surface area (Å²) < 4.78 is 11.2. The summed E-state index contributed by atoms with van der Waals surface area (Å²) in [5.74, 6) is 0.875. The van der Waals surface area contributed by atoms with Gasteiger partial charge < -0.3 is 8.83 Å². The molecule has 3 aromatic rings. The molecular weight excluding hydrogens is 252 g/mol. The molecule has 0 radical (unpaired) electrons. The van der Waals surface area contributed by atoms with Crippen LogP contribution >= 0.6 is 0 Å². The van der Waals surface area contributed by atoms with E-state index in [0.29, 0.717) is 16.6 Å². The summed E-state index contributed by atoms with van der Waals surface area (Å²) in [4.78, 5) is 12.0. The van der Waals surface area contributed by atoms with Crippen molar-refractivity contribution >= 4 is 21.9 Å². The summed E-state index contributed by atoms with van der Waals surface area (Å²) in [6.07, 6.45) is 5.63. The van der Waals surface area contributed by atoms with E-state index in [1.807, 2.05) is 24.3 Å². The monoisotopic (exact) mass is 270 g/mol. The van der Waals surface area contributed by atoms with Gasteiger partial charge >= 0.3 is 5.63 Å². The Morgan fingerprint density at radius 1 is 1.00 bits per heavy atom. The number of fused-ring (bicyclic) bond motifs is 3. The van der Waals surface area contributed by atoms with Gasteiger partial charge in [0, 0.05) is 6.42 Å². The molecule has 0 amide bonds. The van der Waals surface area contributed by atoms with Crippen LogP contribution in [0.5, 0.6) is 0 Å². The molecule has 104 valence electrons. The molecule has 3 heteroatoms. The molecule has 0 atom stereocenters. The van der Waals surface area contributed by atoms with Gasteiger partial charge in [-0.2, -0.15) is 0 Å². The molecule has 1 aromatic carbocycles. The Balaban J connectivity index is 1.99. The van der Waals surface area contributed by atoms with Crippen LogP contribution in [0.15, 0.2) is 44.0 Å². The second kappa shape index (κ2) is 5.53. The fourth-order valence-corrected chi connectivity index (χ4v) is 2.54. The van der Waals surface area contributed by atoms with E-state index in [9.17, 15) is 4.79 Å². The lowest BCUT2D eigenvalue weighted by atomic mass is 10.1. The Kier molecular flexibility index (Phi) is 3.59. The van der Waals surface area contributed by atoms with Crippen molar-refractivity contribution < 1.29 is 8.83 Å². The van der Waals surface area contributed by atoms with E-state index in [-0.39, 0.29) is 5.63 Å². The fraction of sp³-hybridized carbons (Fsp3) is 0.353. The van der Waals surface area contributed by atoms with E-state index in [2.05, 4.69) is 6.92 Å². The average molecular weight is 270 g/mol. The van der Waals surface area contributed by atoms with Crippen molar-refractivity contribution in [3.8, 4) is 0 Å². The SMILES string of the molecule is CCCCCCc1cc2c(=O)oc3ccccc3c2o1. The number of aryl methyl sites for hydroxylation is 1. The molecular formula is C17H18O3. The van der Waals surface area contributed by atoms with Crippen LogP contribution in [0, 0.1) is 0 Å². The maximum Gasteiger partial charge on any atom is 0.347 e. The van der Waals surface area contributed by atoms with Gasteiger partial charge in [-0.3, -0.25) is 0 Å². The molecule has 3 rings (SSSR count). The minimum atomic E-state index is -0.317. The normalized spacial score (nSPS) is 11.4. The molecule has 0 spiro atoms. The Hall–Kier alpha value is -2.03. The molecule has 0 saturated carbocycles. The number of unbranched alkanes of at least 4 members (excludes halogenated alkanes) is 3. The van der Waals surface area contributed by atoms with Gasteiger partial charge in [0.05, 0.1) is 5.39 Å². The molecule has 2 aromatic heterocycles. The van der Waals surface area contributed by atoms with E-state index in [1.165, 1.54) is 19.3 Å².